The van der Waals surface area contributed by atoms with Crippen LogP contribution < -0.4 is 24.8 Å². The molecular weight excluding hydrogens is 558 g/mol. The molecule has 179 valence electrons. The summed E-state index contributed by atoms with van der Waals surface area (Å²) in [5, 5.41) is 0. The van der Waals surface area contributed by atoms with Gasteiger partial charge in [-0.1, -0.05) is 20.3 Å². The van der Waals surface area contributed by atoms with E-state index in [9.17, 15) is 0 Å². The Morgan fingerprint density at radius 1 is 0.639 bits per heavy atom. The van der Waals surface area contributed by atoms with Crippen LogP contribution in [0.4, 0.5) is 0 Å². The summed E-state index contributed by atoms with van der Waals surface area (Å²) in [5.74, 6) is 0.324. The Bertz CT molecular complexity index is 1280. The fourth-order valence-corrected chi connectivity index (χ4v) is 5.86. The predicted octanol–water partition coefficient (Wildman–Crippen LogP) is 3.32. The van der Waals surface area contributed by atoms with E-state index in [1.54, 1.807) is 3.28 Å². The molecule has 2 aliphatic carbocycles. The van der Waals surface area contributed by atoms with E-state index in [2.05, 4.69) is 123 Å². The molecule has 0 saturated carbocycles. The van der Waals surface area contributed by atoms with Crippen LogP contribution in [0.15, 0.2) is 118 Å². The Labute approximate surface area is 243 Å². The minimum atomic E-state index is 0. The third-order valence-electron chi connectivity index (χ3n) is 6.51. The molecule has 0 unspecified atom stereocenters. The van der Waals surface area contributed by atoms with Gasteiger partial charge in [0.15, 0.2) is 0 Å². The maximum absolute atomic E-state index is 2.43. The van der Waals surface area contributed by atoms with Crippen LogP contribution in [0.3, 0.4) is 0 Å². The Morgan fingerprint density at radius 3 is 1.47 bits per heavy atom. The molecule has 0 heterocycles. The quantitative estimate of drug-likeness (QED) is 0.345. The van der Waals surface area contributed by atoms with Crippen molar-refractivity contribution in [1.82, 2.24) is 0 Å². The van der Waals surface area contributed by atoms with Crippen molar-refractivity contribution < 1.29 is 49.5 Å². The minimum absolute atomic E-state index is 0. The molecule has 0 aromatic heterocycles. The third-order valence-corrected chi connectivity index (χ3v) is 7.72. The van der Waals surface area contributed by atoms with Crippen LogP contribution in [-0.4, -0.2) is 0 Å². The summed E-state index contributed by atoms with van der Waals surface area (Å²) >= 11 is 1.53. The maximum atomic E-state index is 2.43. The van der Waals surface area contributed by atoms with Gasteiger partial charge in [-0.2, -0.15) is 0 Å². The van der Waals surface area contributed by atoms with E-state index in [1.807, 2.05) is 0 Å². The molecule has 6 rings (SSSR count). The van der Waals surface area contributed by atoms with E-state index in [1.165, 1.54) is 81.2 Å². The molecule has 0 fully saturated rings. The van der Waals surface area contributed by atoms with Gasteiger partial charge in [-0.3, -0.25) is 0 Å². The molecule has 0 amide bonds. The number of allylic oxidation sites excluding steroid dienone is 4. The Balaban J connectivity index is 0.000000690. The van der Waals surface area contributed by atoms with Crippen molar-refractivity contribution in [3.05, 3.63) is 129 Å². The summed E-state index contributed by atoms with van der Waals surface area (Å²) in [6.45, 7) is 4.25. The van der Waals surface area contributed by atoms with Crippen molar-refractivity contribution in [2.45, 2.75) is 32.6 Å². The molecule has 0 radical (unpaired) electrons. The first kappa shape index (κ1) is 28.4. The van der Waals surface area contributed by atoms with E-state index in [4.69, 9.17) is 0 Å². The third kappa shape index (κ3) is 5.55. The van der Waals surface area contributed by atoms with Crippen LogP contribution >= 0.6 is 0 Å². The van der Waals surface area contributed by atoms with Gasteiger partial charge in [0.25, 0.3) is 0 Å². The summed E-state index contributed by atoms with van der Waals surface area (Å²) in [6.07, 6.45) is 7.06. The van der Waals surface area contributed by atoms with Crippen molar-refractivity contribution >= 4 is 0 Å². The standard InChI is InChI=1S/C30H21.C3H8.2ClH.Zr/c1-3-9-21(10-4-1)24-15-17-26-27-18-16-25(22-11-5-2-6-12-22)20-29(27)30(28(26)19-24)23-13-7-8-14-23;1-3-2;;;/h1-7,9-13,15-20,30H,8H2;3H2,1-2H3;2*1H;/q;;;;+2/p-2. The molecule has 0 nitrogen and oxygen atoms in total. The zero-order chi connectivity index (χ0) is 23.5. The van der Waals surface area contributed by atoms with Crippen LogP contribution in [0.2, 0.25) is 0 Å². The van der Waals surface area contributed by atoms with Crippen molar-refractivity contribution in [1.29, 1.82) is 0 Å². The summed E-state index contributed by atoms with van der Waals surface area (Å²) in [7, 11) is 0. The number of hydrogen-bond acceptors (Lipinski definition) is 0. The van der Waals surface area contributed by atoms with Gasteiger partial charge < -0.3 is 24.8 Å². The predicted molar refractivity (Wildman–Crippen MR) is 141 cm³/mol. The Morgan fingerprint density at radius 2 is 1.08 bits per heavy atom. The van der Waals surface area contributed by atoms with Crippen molar-refractivity contribution in [3.8, 4) is 33.4 Å². The first-order chi connectivity index (χ1) is 16.7. The second-order valence-corrected chi connectivity index (χ2v) is 10.5. The molecule has 0 saturated heterocycles. The summed E-state index contributed by atoms with van der Waals surface area (Å²) in [5.41, 5.74) is 12.3. The molecule has 0 bridgehead atoms. The second kappa shape index (κ2) is 12.9. The monoisotopic (exact) mass is 585 g/mol. The van der Waals surface area contributed by atoms with Crippen LogP contribution in [0.1, 0.15) is 43.7 Å². The molecule has 3 heteroatoms. The first-order valence-corrected chi connectivity index (χ1v) is 13.4. The zero-order valence-electron chi connectivity index (χ0n) is 20.6. The van der Waals surface area contributed by atoms with Crippen molar-refractivity contribution in [2.24, 2.45) is 0 Å². The van der Waals surface area contributed by atoms with E-state index < -0.39 is 0 Å². The van der Waals surface area contributed by atoms with Gasteiger partial charge in [0, 0.05) is 0 Å². The van der Waals surface area contributed by atoms with Crippen LogP contribution in [-0.2, 0) is 24.7 Å². The van der Waals surface area contributed by atoms with Crippen LogP contribution in [0.5, 0.6) is 0 Å². The van der Waals surface area contributed by atoms with Gasteiger partial charge in [0.05, 0.1) is 0 Å². The molecule has 0 N–H and O–H groups in total. The van der Waals surface area contributed by atoms with Crippen molar-refractivity contribution in [2.75, 3.05) is 0 Å². The summed E-state index contributed by atoms with van der Waals surface area (Å²) < 4.78 is 1.58. The van der Waals surface area contributed by atoms with E-state index in [0.717, 1.165) is 6.42 Å². The van der Waals surface area contributed by atoms with Crippen LogP contribution in [0.25, 0.3) is 33.4 Å². The first-order valence-electron chi connectivity index (χ1n) is 12.2. The molecule has 0 atom stereocenters. The molecule has 4 aromatic carbocycles. The fourth-order valence-electron chi connectivity index (χ4n) is 5.01. The normalized spacial score (nSPS) is 13.2. The molecule has 0 spiro atoms. The average Bonchev–Trinajstić information content (AvgIpc) is 3.44. The molecule has 36 heavy (non-hydrogen) atoms. The Kier molecular flexibility index (Phi) is 10.2. The number of fused-ring (bicyclic) bond motifs is 3. The topological polar surface area (TPSA) is 0 Å². The average molecular weight is 588 g/mol. The molecular formula is C33H29Cl2Zr. The fraction of sp³-hybridized carbons (Fsp3) is 0.152. The zero-order valence-corrected chi connectivity index (χ0v) is 24.6. The summed E-state index contributed by atoms with van der Waals surface area (Å²) in [6, 6.07) is 35.6. The summed E-state index contributed by atoms with van der Waals surface area (Å²) in [4.78, 5) is 0. The Hall–Kier alpha value is -2.18. The van der Waals surface area contributed by atoms with Gasteiger partial charge in [0.1, 0.15) is 0 Å². The molecule has 4 aromatic rings. The van der Waals surface area contributed by atoms with Gasteiger partial charge in [-0.15, -0.1) is 0 Å². The van der Waals surface area contributed by atoms with Gasteiger partial charge >= 0.3 is 200 Å². The number of halogens is 2. The number of hydrogen-bond donors (Lipinski definition) is 0. The number of rotatable bonds is 3. The van der Waals surface area contributed by atoms with E-state index in [-0.39, 0.29) is 24.8 Å². The van der Waals surface area contributed by atoms with Crippen LogP contribution in [0, 0.1) is 0 Å². The van der Waals surface area contributed by atoms with Gasteiger partial charge in [-0.05, 0) is 0 Å². The van der Waals surface area contributed by atoms with Gasteiger partial charge in [0.2, 0.25) is 0 Å². The van der Waals surface area contributed by atoms with E-state index in [0.29, 0.717) is 5.92 Å². The van der Waals surface area contributed by atoms with Crippen molar-refractivity contribution in [3.63, 3.8) is 0 Å². The molecule has 0 aliphatic heterocycles. The molecule has 2 aliphatic rings. The number of benzene rings is 4. The SMILES string of the molecule is CCC.[Cl-].[Cl-].[Zr+2][C]1=C(C2c3cc(-c4ccccc4)ccc3-c3ccc(-c4ccccc4)cc32)C=CC1. The van der Waals surface area contributed by atoms with Gasteiger partial charge in [-0.25, -0.2) is 0 Å². The second-order valence-electron chi connectivity index (χ2n) is 9.02. The van der Waals surface area contributed by atoms with E-state index >= 15 is 0 Å².